The lowest BCUT2D eigenvalue weighted by Crippen LogP contribution is -2.09. The third-order valence-electron chi connectivity index (χ3n) is 2.00. The Kier molecular flexibility index (Phi) is 5.38. The van der Waals surface area contributed by atoms with E-state index in [9.17, 15) is 9.59 Å². The lowest BCUT2D eigenvalue weighted by atomic mass is 10.2. The highest BCUT2D eigenvalue weighted by Crippen LogP contribution is 2.14. The molecule has 18 heavy (non-hydrogen) atoms. The van der Waals surface area contributed by atoms with Gasteiger partial charge >= 0.3 is 0 Å². The molecule has 4 nitrogen and oxygen atoms in total. The number of amides is 2. The van der Waals surface area contributed by atoms with Gasteiger partial charge in [0.15, 0.2) is 0 Å². The molecule has 0 aliphatic heterocycles. The Morgan fingerprint density at radius 1 is 1.11 bits per heavy atom. The van der Waals surface area contributed by atoms with Gasteiger partial charge in [0.2, 0.25) is 11.8 Å². The van der Waals surface area contributed by atoms with Crippen LogP contribution in [0.25, 0.3) is 0 Å². The molecule has 0 aliphatic rings. The number of allylic oxidation sites excluding steroid dienone is 3. The van der Waals surface area contributed by atoms with E-state index >= 15 is 0 Å². The Hall–Kier alpha value is -2.36. The number of benzene rings is 1. The van der Waals surface area contributed by atoms with Crippen LogP contribution in [-0.2, 0) is 9.59 Å². The molecule has 1 aromatic rings. The molecule has 0 heterocycles. The molecule has 0 saturated carbocycles. The molecular formula is C14H16N2O2. The summed E-state index contributed by atoms with van der Waals surface area (Å²) in [6.07, 6.45) is 6.70. The standard InChI is InChI=1S/C14H16N2O2/c1-3-4-5-9-14(18)16-13-8-6-7-12(10-13)15-11(2)17/h3-10H,1-2H3,(H,15,17)(H,16,18)/b4-3+,9-5+. The van der Waals surface area contributed by atoms with Gasteiger partial charge in [0.05, 0.1) is 0 Å². The molecule has 1 rings (SSSR count). The van der Waals surface area contributed by atoms with Gasteiger partial charge in [0, 0.05) is 24.4 Å². The second-order valence-electron chi connectivity index (χ2n) is 3.64. The van der Waals surface area contributed by atoms with Gasteiger partial charge in [-0.25, -0.2) is 0 Å². The van der Waals surface area contributed by atoms with Crippen LogP contribution < -0.4 is 10.6 Å². The van der Waals surface area contributed by atoms with E-state index < -0.39 is 0 Å². The molecule has 2 N–H and O–H groups in total. The SMILES string of the molecule is C/C=C/C=C/C(=O)Nc1cccc(NC(C)=O)c1. The maximum atomic E-state index is 11.5. The minimum atomic E-state index is -0.215. The number of carbonyl (C=O) groups excluding carboxylic acids is 2. The number of anilines is 2. The van der Waals surface area contributed by atoms with E-state index in [0.29, 0.717) is 11.4 Å². The summed E-state index contributed by atoms with van der Waals surface area (Å²) >= 11 is 0. The Bertz CT molecular complexity index is 490. The highest BCUT2D eigenvalue weighted by molar-refractivity contribution is 6.00. The van der Waals surface area contributed by atoms with E-state index in [1.165, 1.54) is 13.0 Å². The quantitative estimate of drug-likeness (QED) is 0.632. The van der Waals surface area contributed by atoms with Crippen LogP contribution >= 0.6 is 0 Å². The summed E-state index contributed by atoms with van der Waals surface area (Å²) in [7, 11) is 0. The molecule has 0 radical (unpaired) electrons. The summed E-state index contributed by atoms with van der Waals surface area (Å²) in [5.41, 5.74) is 1.29. The van der Waals surface area contributed by atoms with Crippen molar-refractivity contribution in [3.8, 4) is 0 Å². The highest BCUT2D eigenvalue weighted by Gasteiger charge is 2.00. The second-order valence-corrected chi connectivity index (χ2v) is 3.64. The summed E-state index contributed by atoms with van der Waals surface area (Å²) < 4.78 is 0. The lowest BCUT2D eigenvalue weighted by Gasteiger charge is -2.05. The molecule has 0 saturated heterocycles. The Morgan fingerprint density at radius 3 is 2.39 bits per heavy atom. The third kappa shape index (κ3) is 5.12. The molecule has 0 spiro atoms. The van der Waals surface area contributed by atoms with Crippen molar-refractivity contribution in [3.05, 3.63) is 48.6 Å². The minimum Gasteiger partial charge on any atom is -0.326 e. The highest BCUT2D eigenvalue weighted by atomic mass is 16.2. The zero-order chi connectivity index (χ0) is 13.4. The van der Waals surface area contributed by atoms with Crippen LogP contribution in [0.4, 0.5) is 11.4 Å². The Balaban J connectivity index is 2.67. The van der Waals surface area contributed by atoms with Crippen molar-refractivity contribution in [2.75, 3.05) is 10.6 Å². The first-order valence-electron chi connectivity index (χ1n) is 5.60. The first-order chi connectivity index (χ1) is 8.61. The van der Waals surface area contributed by atoms with E-state index in [2.05, 4.69) is 10.6 Å². The fourth-order valence-electron chi connectivity index (χ4n) is 1.32. The number of hydrogen-bond donors (Lipinski definition) is 2. The summed E-state index contributed by atoms with van der Waals surface area (Å²) in [6, 6.07) is 6.97. The van der Waals surface area contributed by atoms with Crippen molar-refractivity contribution < 1.29 is 9.59 Å². The van der Waals surface area contributed by atoms with E-state index in [1.807, 2.05) is 13.0 Å². The van der Waals surface area contributed by atoms with Gasteiger partial charge in [-0.3, -0.25) is 9.59 Å². The lowest BCUT2D eigenvalue weighted by molar-refractivity contribution is -0.114. The van der Waals surface area contributed by atoms with Gasteiger partial charge in [-0.1, -0.05) is 24.3 Å². The van der Waals surface area contributed by atoms with Crippen LogP contribution in [0.15, 0.2) is 48.6 Å². The monoisotopic (exact) mass is 244 g/mol. The molecule has 94 valence electrons. The van der Waals surface area contributed by atoms with E-state index in [-0.39, 0.29) is 11.8 Å². The Labute approximate surface area is 106 Å². The van der Waals surface area contributed by atoms with Gasteiger partial charge in [0.25, 0.3) is 0 Å². The topological polar surface area (TPSA) is 58.2 Å². The zero-order valence-corrected chi connectivity index (χ0v) is 10.4. The summed E-state index contributed by atoms with van der Waals surface area (Å²) in [5, 5.41) is 5.35. The minimum absolute atomic E-state index is 0.147. The van der Waals surface area contributed by atoms with Gasteiger partial charge in [-0.15, -0.1) is 0 Å². The van der Waals surface area contributed by atoms with Crippen molar-refractivity contribution in [1.82, 2.24) is 0 Å². The van der Waals surface area contributed by atoms with Crippen LogP contribution in [-0.4, -0.2) is 11.8 Å². The molecule has 0 fully saturated rings. The average molecular weight is 244 g/mol. The first-order valence-corrected chi connectivity index (χ1v) is 5.60. The second kappa shape index (κ2) is 7.06. The van der Waals surface area contributed by atoms with Gasteiger partial charge < -0.3 is 10.6 Å². The number of nitrogens with one attached hydrogen (secondary N) is 2. The third-order valence-corrected chi connectivity index (χ3v) is 2.00. The van der Waals surface area contributed by atoms with E-state index in [1.54, 1.807) is 36.4 Å². The van der Waals surface area contributed by atoms with Crippen LogP contribution in [0, 0.1) is 0 Å². The molecule has 1 aromatic carbocycles. The molecule has 0 unspecified atom stereocenters. The predicted octanol–water partition coefficient (Wildman–Crippen LogP) is 2.72. The smallest absolute Gasteiger partial charge is 0.248 e. The van der Waals surface area contributed by atoms with Gasteiger partial charge in [-0.2, -0.15) is 0 Å². The maximum Gasteiger partial charge on any atom is 0.248 e. The normalized spacial score (nSPS) is 10.8. The van der Waals surface area contributed by atoms with Crippen molar-refractivity contribution in [3.63, 3.8) is 0 Å². The van der Waals surface area contributed by atoms with Crippen molar-refractivity contribution in [1.29, 1.82) is 0 Å². The fourth-order valence-corrected chi connectivity index (χ4v) is 1.32. The maximum absolute atomic E-state index is 11.5. The van der Waals surface area contributed by atoms with Gasteiger partial charge in [-0.05, 0) is 25.1 Å². The predicted molar refractivity (Wildman–Crippen MR) is 73.3 cm³/mol. The molecule has 0 aromatic heterocycles. The fraction of sp³-hybridized carbons (Fsp3) is 0.143. The van der Waals surface area contributed by atoms with Crippen molar-refractivity contribution in [2.24, 2.45) is 0 Å². The molecular weight excluding hydrogens is 228 g/mol. The average Bonchev–Trinajstić information content (AvgIpc) is 2.28. The van der Waals surface area contributed by atoms with E-state index in [0.717, 1.165) is 0 Å². The Morgan fingerprint density at radius 2 is 1.78 bits per heavy atom. The summed E-state index contributed by atoms with van der Waals surface area (Å²) in [5.74, 6) is -0.362. The van der Waals surface area contributed by atoms with Crippen LogP contribution in [0.1, 0.15) is 13.8 Å². The summed E-state index contributed by atoms with van der Waals surface area (Å²) in [6.45, 7) is 3.31. The van der Waals surface area contributed by atoms with Crippen molar-refractivity contribution in [2.45, 2.75) is 13.8 Å². The molecule has 0 aliphatic carbocycles. The number of rotatable bonds is 4. The van der Waals surface area contributed by atoms with E-state index in [4.69, 9.17) is 0 Å². The molecule has 0 bridgehead atoms. The molecule has 2 amide bonds. The van der Waals surface area contributed by atoms with Gasteiger partial charge in [0.1, 0.15) is 0 Å². The molecule has 0 atom stereocenters. The largest absolute Gasteiger partial charge is 0.326 e. The zero-order valence-electron chi connectivity index (χ0n) is 10.4. The van der Waals surface area contributed by atoms with Crippen LogP contribution in [0.2, 0.25) is 0 Å². The summed E-state index contributed by atoms with van der Waals surface area (Å²) in [4.78, 5) is 22.4. The number of hydrogen-bond acceptors (Lipinski definition) is 2. The number of carbonyl (C=O) groups is 2. The van der Waals surface area contributed by atoms with Crippen LogP contribution in [0.3, 0.4) is 0 Å². The van der Waals surface area contributed by atoms with Crippen LogP contribution in [0.5, 0.6) is 0 Å². The molecule has 4 heteroatoms. The first kappa shape index (κ1) is 13.7. The van der Waals surface area contributed by atoms with Crippen molar-refractivity contribution >= 4 is 23.2 Å².